The molecule has 0 bridgehead atoms. The zero-order chi connectivity index (χ0) is 18.6. The summed E-state index contributed by atoms with van der Waals surface area (Å²) in [6, 6.07) is 14.5. The van der Waals surface area contributed by atoms with Crippen LogP contribution in [0.2, 0.25) is 0 Å². The van der Waals surface area contributed by atoms with Crippen molar-refractivity contribution in [2.75, 3.05) is 13.1 Å². The predicted octanol–water partition coefficient (Wildman–Crippen LogP) is 4.01. The standard InChI is InChI=1S/C19H25ClN2O2S/c1-14(2)16-6-8-17(9-7-16)19(20)22(13-12-21)25(23,24)18-10-4-15(3)5-11-18/h4-11,14,19H,12-13,21H2,1-3H3. The van der Waals surface area contributed by atoms with Gasteiger partial charge in [-0.25, -0.2) is 8.42 Å². The summed E-state index contributed by atoms with van der Waals surface area (Å²) in [4.78, 5) is 0.219. The number of hydrogen-bond donors (Lipinski definition) is 1. The van der Waals surface area contributed by atoms with E-state index in [0.29, 0.717) is 5.92 Å². The topological polar surface area (TPSA) is 63.4 Å². The predicted molar refractivity (Wildman–Crippen MR) is 103 cm³/mol. The average molecular weight is 381 g/mol. The quantitative estimate of drug-likeness (QED) is 0.583. The number of aryl methyl sites for hydroxylation is 1. The molecule has 0 aliphatic rings. The van der Waals surface area contributed by atoms with Crippen molar-refractivity contribution in [3.05, 3.63) is 65.2 Å². The molecule has 0 aliphatic heterocycles. The first-order valence-corrected chi connectivity index (χ1v) is 10.2. The minimum atomic E-state index is -3.73. The summed E-state index contributed by atoms with van der Waals surface area (Å²) in [5.41, 5.74) is 7.74. The molecule has 25 heavy (non-hydrogen) atoms. The first-order chi connectivity index (χ1) is 11.8. The van der Waals surface area contributed by atoms with Crippen LogP contribution in [0.5, 0.6) is 0 Å². The fourth-order valence-electron chi connectivity index (χ4n) is 2.53. The normalized spacial score (nSPS) is 13.4. The van der Waals surface area contributed by atoms with Gasteiger partial charge < -0.3 is 5.73 Å². The molecule has 2 aromatic rings. The highest BCUT2D eigenvalue weighted by atomic mass is 35.5. The van der Waals surface area contributed by atoms with Gasteiger partial charge in [-0.05, 0) is 36.1 Å². The Kier molecular flexibility index (Phi) is 6.63. The van der Waals surface area contributed by atoms with Gasteiger partial charge in [-0.15, -0.1) is 0 Å². The van der Waals surface area contributed by atoms with Gasteiger partial charge in [0.15, 0.2) is 0 Å². The van der Waals surface area contributed by atoms with Crippen molar-refractivity contribution in [2.45, 2.75) is 37.1 Å². The molecule has 2 aromatic carbocycles. The van der Waals surface area contributed by atoms with Crippen LogP contribution < -0.4 is 5.73 Å². The highest BCUT2D eigenvalue weighted by Gasteiger charge is 2.30. The molecule has 6 heteroatoms. The van der Waals surface area contributed by atoms with E-state index >= 15 is 0 Å². The number of sulfonamides is 1. The van der Waals surface area contributed by atoms with Crippen LogP contribution in [-0.2, 0) is 10.0 Å². The minimum absolute atomic E-state index is 0.149. The number of hydrogen-bond acceptors (Lipinski definition) is 3. The fraction of sp³-hybridized carbons (Fsp3) is 0.368. The number of nitrogens with zero attached hydrogens (tertiary/aromatic N) is 1. The van der Waals surface area contributed by atoms with Crippen LogP contribution in [0.25, 0.3) is 0 Å². The van der Waals surface area contributed by atoms with Crippen LogP contribution in [-0.4, -0.2) is 25.8 Å². The number of nitrogens with two attached hydrogens (primary N) is 1. The third-order valence-electron chi connectivity index (χ3n) is 4.11. The number of benzene rings is 2. The summed E-state index contributed by atoms with van der Waals surface area (Å²) >= 11 is 6.54. The number of rotatable bonds is 7. The van der Waals surface area contributed by atoms with Gasteiger partial charge in [-0.3, -0.25) is 0 Å². The van der Waals surface area contributed by atoms with Gasteiger partial charge in [0.25, 0.3) is 0 Å². The van der Waals surface area contributed by atoms with Gasteiger partial charge in [0.05, 0.1) is 4.90 Å². The van der Waals surface area contributed by atoms with Crippen LogP contribution in [0, 0.1) is 6.92 Å². The van der Waals surface area contributed by atoms with E-state index < -0.39 is 15.5 Å². The first-order valence-electron chi connectivity index (χ1n) is 8.30. The van der Waals surface area contributed by atoms with Crippen LogP contribution in [0.3, 0.4) is 0 Å². The van der Waals surface area contributed by atoms with E-state index in [1.165, 1.54) is 9.87 Å². The van der Waals surface area contributed by atoms with E-state index in [-0.39, 0.29) is 18.0 Å². The summed E-state index contributed by atoms with van der Waals surface area (Å²) in [5.74, 6) is 0.402. The van der Waals surface area contributed by atoms with Gasteiger partial charge >= 0.3 is 0 Å². The monoisotopic (exact) mass is 380 g/mol. The van der Waals surface area contributed by atoms with Crippen LogP contribution in [0.15, 0.2) is 53.4 Å². The first kappa shape index (κ1) is 19.9. The molecule has 0 heterocycles. The van der Waals surface area contributed by atoms with E-state index in [2.05, 4.69) is 13.8 Å². The number of alkyl halides is 1. The van der Waals surface area contributed by atoms with E-state index in [9.17, 15) is 8.42 Å². The second kappa shape index (κ2) is 8.32. The molecule has 136 valence electrons. The van der Waals surface area contributed by atoms with Crippen molar-refractivity contribution in [2.24, 2.45) is 5.73 Å². The van der Waals surface area contributed by atoms with Gasteiger partial charge in [0.1, 0.15) is 5.50 Å². The number of halogens is 1. The van der Waals surface area contributed by atoms with Gasteiger partial charge in [-0.2, -0.15) is 4.31 Å². The fourth-order valence-corrected chi connectivity index (χ4v) is 4.55. The van der Waals surface area contributed by atoms with Crippen LogP contribution in [0.1, 0.15) is 42.0 Å². The van der Waals surface area contributed by atoms with Crippen molar-refractivity contribution < 1.29 is 8.42 Å². The molecule has 0 aliphatic carbocycles. The summed E-state index contributed by atoms with van der Waals surface area (Å²) in [7, 11) is -3.73. The molecule has 0 saturated heterocycles. The second-order valence-corrected chi connectivity index (χ2v) is 8.68. The largest absolute Gasteiger partial charge is 0.329 e. The summed E-state index contributed by atoms with van der Waals surface area (Å²) in [5, 5.41) is 0. The molecule has 1 atom stereocenters. The van der Waals surface area contributed by atoms with Gasteiger partial charge in [0, 0.05) is 13.1 Å². The summed E-state index contributed by atoms with van der Waals surface area (Å²) < 4.78 is 27.3. The highest BCUT2D eigenvalue weighted by Crippen LogP contribution is 2.31. The van der Waals surface area contributed by atoms with Crippen molar-refractivity contribution in [3.63, 3.8) is 0 Å². The third-order valence-corrected chi connectivity index (χ3v) is 6.59. The van der Waals surface area contributed by atoms with Crippen molar-refractivity contribution in [1.82, 2.24) is 4.31 Å². The van der Waals surface area contributed by atoms with Gasteiger partial charge in [0.2, 0.25) is 10.0 Å². The Hall–Kier alpha value is -1.40. The van der Waals surface area contributed by atoms with Gasteiger partial charge in [-0.1, -0.05) is 67.4 Å². The van der Waals surface area contributed by atoms with Crippen molar-refractivity contribution in [1.29, 1.82) is 0 Å². The SMILES string of the molecule is Cc1ccc(S(=O)(=O)N(CCN)C(Cl)c2ccc(C(C)C)cc2)cc1. The maximum atomic E-state index is 13.0. The smallest absolute Gasteiger partial charge is 0.244 e. The van der Waals surface area contributed by atoms with Crippen molar-refractivity contribution in [3.8, 4) is 0 Å². The Balaban J connectivity index is 2.37. The Morgan fingerprint density at radius 3 is 2.00 bits per heavy atom. The Labute approximate surface area is 155 Å². The lowest BCUT2D eigenvalue weighted by Gasteiger charge is -2.27. The second-order valence-electron chi connectivity index (χ2n) is 6.37. The average Bonchev–Trinajstić information content (AvgIpc) is 2.59. The molecule has 4 nitrogen and oxygen atoms in total. The minimum Gasteiger partial charge on any atom is -0.329 e. The molecule has 2 N–H and O–H groups in total. The maximum absolute atomic E-state index is 13.0. The highest BCUT2D eigenvalue weighted by molar-refractivity contribution is 7.89. The molecule has 0 amide bonds. The molecule has 0 spiro atoms. The molecule has 1 unspecified atom stereocenters. The van der Waals surface area contributed by atoms with E-state index in [1.807, 2.05) is 31.2 Å². The Morgan fingerprint density at radius 2 is 1.52 bits per heavy atom. The molecule has 2 rings (SSSR count). The lowest BCUT2D eigenvalue weighted by molar-refractivity contribution is 0.401. The molecular weight excluding hydrogens is 356 g/mol. The Morgan fingerprint density at radius 1 is 1.00 bits per heavy atom. The summed E-state index contributed by atoms with van der Waals surface area (Å²) in [6.45, 7) is 6.47. The molecule has 0 radical (unpaired) electrons. The molecular formula is C19H25ClN2O2S. The summed E-state index contributed by atoms with van der Waals surface area (Å²) in [6.07, 6.45) is 0. The zero-order valence-corrected chi connectivity index (χ0v) is 16.4. The van der Waals surface area contributed by atoms with E-state index in [0.717, 1.165) is 11.1 Å². The van der Waals surface area contributed by atoms with E-state index in [1.54, 1.807) is 24.3 Å². The Bertz CT molecular complexity index is 787. The van der Waals surface area contributed by atoms with Crippen LogP contribution in [0.4, 0.5) is 0 Å². The molecule has 0 fully saturated rings. The molecule has 0 saturated carbocycles. The zero-order valence-electron chi connectivity index (χ0n) is 14.8. The van der Waals surface area contributed by atoms with E-state index in [4.69, 9.17) is 17.3 Å². The maximum Gasteiger partial charge on any atom is 0.244 e. The van der Waals surface area contributed by atoms with Crippen molar-refractivity contribution >= 4 is 21.6 Å². The van der Waals surface area contributed by atoms with Crippen LogP contribution >= 0.6 is 11.6 Å². The third kappa shape index (κ3) is 4.61. The lowest BCUT2D eigenvalue weighted by atomic mass is 10.0. The molecule has 0 aromatic heterocycles. The lowest BCUT2D eigenvalue weighted by Crippen LogP contribution is -2.36.